The quantitative estimate of drug-likeness (QED) is 0.879. The van der Waals surface area contributed by atoms with Crippen LogP contribution in [-0.4, -0.2) is 5.91 Å². The fraction of sp³-hybridized carbons (Fsp3) is 0.133. The van der Waals surface area contributed by atoms with Gasteiger partial charge in [0.05, 0.1) is 5.69 Å². The second-order valence-corrected chi connectivity index (χ2v) is 5.05. The highest BCUT2D eigenvalue weighted by molar-refractivity contribution is 9.10. The van der Waals surface area contributed by atoms with E-state index >= 15 is 0 Å². The number of hydrogen-bond donors (Lipinski definition) is 1. The fourth-order valence-corrected chi connectivity index (χ4v) is 2.01. The highest BCUT2D eigenvalue weighted by Crippen LogP contribution is 2.26. The maximum absolute atomic E-state index is 12.1. The van der Waals surface area contributed by atoms with Gasteiger partial charge in [-0.05, 0) is 53.5 Å². The summed E-state index contributed by atoms with van der Waals surface area (Å²) in [5.41, 5.74) is 3.69. The van der Waals surface area contributed by atoms with Crippen molar-refractivity contribution in [3.8, 4) is 0 Å². The van der Waals surface area contributed by atoms with Crippen LogP contribution in [-0.2, 0) is 0 Å². The van der Waals surface area contributed by atoms with Crippen molar-refractivity contribution in [1.29, 1.82) is 0 Å². The minimum Gasteiger partial charge on any atom is -0.321 e. The molecule has 92 valence electrons. The van der Waals surface area contributed by atoms with Crippen LogP contribution in [0.15, 0.2) is 46.9 Å². The Morgan fingerprint density at radius 1 is 1.06 bits per heavy atom. The number of halogens is 1. The Kier molecular flexibility index (Phi) is 3.82. The minimum absolute atomic E-state index is 0.0960. The molecule has 2 aromatic carbocycles. The zero-order chi connectivity index (χ0) is 13.1. The summed E-state index contributed by atoms with van der Waals surface area (Å²) < 4.78 is 0.922. The van der Waals surface area contributed by atoms with Gasteiger partial charge >= 0.3 is 0 Å². The molecule has 18 heavy (non-hydrogen) atoms. The molecule has 2 nitrogen and oxygen atoms in total. The third kappa shape index (κ3) is 2.79. The summed E-state index contributed by atoms with van der Waals surface area (Å²) in [4.78, 5) is 12.1. The summed E-state index contributed by atoms with van der Waals surface area (Å²) >= 11 is 3.48. The van der Waals surface area contributed by atoms with E-state index in [4.69, 9.17) is 0 Å². The first-order valence-electron chi connectivity index (χ1n) is 5.71. The molecule has 0 radical (unpaired) electrons. The summed E-state index contributed by atoms with van der Waals surface area (Å²) in [6.07, 6.45) is 0. The van der Waals surface area contributed by atoms with Crippen LogP contribution in [0.1, 0.15) is 21.5 Å². The number of amides is 1. The number of rotatable bonds is 2. The Hall–Kier alpha value is -1.61. The molecule has 3 heteroatoms. The van der Waals surface area contributed by atoms with Crippen LogP contribution in [0.25, 0.3) is 0 Å². The summed E-state index contributed by atoms with van der Waals surface area (Å²) in [6.45, 7) is 3.99. The van der Waals surface area contributed by atoms with Crippen LogP contribution < -0.4 is 5.32 Å². The van der Waals surface area contributed by atoms with E-state index < -0.39 is 0 Å². The van der Waals surface area contributed by atoms with Gasteiger partial charge in [0.2, 0.25) is 0 Å². The van der Waals surface area contributed by atoms with E-state index in [0.29, 0.717) is 5.56 Å². The van der Waals surface area contributed by atoms with Crippen LogP contribution in [0, 0.1) is 13.8 Å². The predicted molar refractivity (Wildman–Crippen MR) is 78.0 cm³/mol. The molecular formula is C15H14BrNO. The van der Waals surface area contributed by atoms with Gasteiger partial charge in [-0.2, -0.15) is 0 Å². The average Bonchev–Trinajstić information content (AvgIpc) is 2.36. The zero-order valence-electron chi connectivity index (χ0n) is 10.3. The lowest BCUT2D eigenvalue weighted by Crippen LogP contribution is -2.12. The molecule has 0 heterocycles. The van der Waals surface area contributed by atoms with E-state index in [1.807, 2.05) is 56.3 Å². The molecule has 1 N–H and O–H groups in total. The van der Waals surface area contributed by atoms with E-state index in [-0.39, 0.29) is 5.91 Å². The molecule has 0 atom stereocenters. The van der Waals surface area contributed by atoms with Gasteiger partial charge in [0.15, 0.2) is 0 Å². The average molecular weight is 304 g/mol. The zero-order valence-corrected chi connectivity index (χ0v) is 11.9. The van der Waals surface area contributed by atoms with E-state index in [9.17, 15) is 4.79 Å². The van der Waals surface area contributed by atoms with Gasteiger partial charge in [-0.15, -0.1) is 0 Å². The molecule has 0 aliphatic rings. The molecule has 2 rings (SSSR count). The normalized spacial score (nSPS) is 10.2. The Labute approximate surface area is 115 Å². The van der Waals surface area contributed by atoms with Gasteiger partial charge in [-0.3, -0.25) is 4.79 Å². The predicted octanol–water partition coefficient (Wildman–Crippen LogP) is 4.32. The van der Waals surface area contributed by atoms with E-state index in [1.54, 1.807) is 0 Å². The van der Waals surface area contributed by atoms with Gasteiger partial charge in [-0.25, -0.2) is 0 Å². The molecule has 0 unspecified atom stereocenters. The molecule has 0 aromatic heterocycles. The number of carbonyl (C=O) groups is 1. The molecule has 0 aliphatic heterocycles. The summed E-state index contributed by atoms with van der Waals surface area (Å²) in [5.74, 6) is -0.0960. The van der Waals surface area contributed by atoms with E-state index in [0.717, 1.165) is 21.3 Å². The molecule has 0 fully saturated rings. The number of hydrogen-bond acceptors (Lipinski definition) is 1. The third-order valence-corrected chi connectivity index (χ3v) is 3.81. The first-order valence-corrected chi connectivity index (χ1v) is 6.50. The van der Waals surface area contributed by atoms with Crippen molar-refractivity contribution in [2.24, 2.45) is 0 Å². The topological polar surface area (TPSA) is 29.1 Å². The van der Waals surface area contributed by atoms with Crippen LogP contribution >= 0.6 is 15.9 Å². The van der Waals surface area contributed by atoms with Crippen LogP contribution in [0.3, 0.4) is 0 Å². The van der Waals surface area contributed by atoms with Gasteiger partial charge in [-0.1, -0.05) is 29.8 Å². The molecule has 0 spiro atoms. The molecule has 0 saturated carbocycles. The van der Waals surface area contributed by atoms with Gasteiger partial charge in [0.1, 0.15) is 0 Å². The Morgan fingerprint density at radius 2 is 1.72 bits per heavy atom. The largest absolute Gasteiger partial charge is 0.321 e. The number of nitrogens with one attached hydrogen (secondary N) is 1. The molecule has 1 amide bonds. The lowest BCUT2D eigenvalue weighted by atomic mass is 10.1. The second-order valence-electron chi connectivity index (χ2n) is 4.26. The smallest absolute Gasteiger partial charge is 0.255 e. The van der Waals surface area contributed by atoms with E-state index in [2.05, 4.69) is 21.2 Å². The lowest BCUT2D eigenvalue weighted by Gasteiger charge is -2.09. The molecule has 0 aliphatic carbocycles. The van der Waals surface area contributed by atoms with Crippen LogP contribution in [0.2, 0.25) is 0 Å². The number of anilines is 1. The standard InChI is InChI=1S/C15H14BrNO/c1-10-6-8-12(9-7-10)15(18)17-13-5-3-4-11(2)14(13)16/h3-9H,1-2H3,(H,17,18). The Bertz CT molecular complexity index is 576. The SMILES string of the molecule is Cc1ccc(C(=O)Nc2cccc(C)c2Br)cc1. The van der Waals surface area contributed by atoms with Crippen molar-refractivity contribution in [2.45, 2.75) is 13.8 Å². The molecule has 0 saturated heterocycles. The van der Waals surface area contributed by atoms with E-state index in [1.165, 1.54) is 0 Å². The number of aryl methyl sites for hydroxylation is 2. The van der Waals surface area contributed by atoms with Crippen LogP contribution in [0.5, 0.6) is 0 Å². The highest BCUT2D eigenvalue weighted by Gasteiger charge is 2.08. The maximum atomic E-state index is 12.1. The number of carbonyl (C=O) groups excluding carboxylic acids is 1. The van der Waals surface area contributed by atoms with Gasteiger partial charge in [0.25, 0.3) is 5.91 Å². The lowest BCUT2D eigenvalue weighted by molar-refractivity contribution is 0.102. The summed E-state index contributed by atoms with van der Waals surface area (Å²) in [5, 5.41) is 2.90. The van der Waals surface area contributed by atoms with Crippen molar-refractivity contribution >= 4 is 27.5 Å². The van der Waals surface area contributed by atoms with Crippen molar-refractivity contribution < 1.29 is 4.79 Å². The summed E-state index contributed by atoms with van der Waals surface area (Å²) in [7, 11) is 0. The Morgan fingerprint density at radius 3 is 2.39 bits per heavy atom. The minimum atomic E-state index is -0.0960. The van der Waals surface area contributed by atoms with Crippen molar-refractivity contribution in [1.82, 2.24) is 0 Å². The first-order chi connectivity index (χ1) is 8.58. The van der Waals surface area contributed by atoms with Crippen molar-refractivity contribution in [3.05, 3.63) is 63.6 Å². The Balaban J connectivity index is 2.21. The summed E-state index contributed by atoms with van der Waals surface area (Å²) in [6, 6.07) is 13.3. The maximum Gasteiger partial charge on any atom is 0.255 e. The molecule has 2 aromatic rings. The first kappa shape index (κ1) is 12.8. The van der Waals surface area contributed by atoms with Crippen molar-refractivity contribution in [3.63, 3.8) is 0 Å². The van der Waals surface area contributed by atoms with Gasteiger partial charge in [0, 0.05) is 10.0 Å². The highest BCUT2D eigenvalue weighted by atomic mass is 79.9. The second kappa shape index (κ2) is 5.36. The molecule has 0 bridgehead atoms. The molecular weight excluding hydrogens is 290 g/mol. The monoisotopic (exact) mass is 303 g/mol. The number of benzene rings is 2. The fourth-order valence-electron chi connectivity index (χ4n) is 1.64. The van der Waals surface area contributed by atoms with Crippen molar-refractivity contribution in [2.75, 3.05) is 5.32 Å². The third-order valence-electron chi connectivity index (χ3n) is 2.75. The van der Waals surface area contributed by atoms with Gasteiger partial charge < -0.3 is 5.32 Å². The van der Waals surface area contributed by atoms with Crippen LogP contribution in [0.4, 0.5) is 5.69 Å².